The van der Waals surface area contributed by atoms with Gasteiger partial charge in [-0.3, -0.25) is 0 Å². The summed E-state index contributed by atoms with van der Waals surface area (Å²) in [6, 6.07) is 5.63. The SMILES string of the molecule is COCCCn1nnc2cc(N)ccc21. The number of aromatic nitrogens is 3. The minimum absolute atomic E-state index is 0.714. The van der Waals surface area contributed by atoms with E-state index in [1.165, 1.54) is 0 Å². The third kappa shape index (κ3) is 2.07. The monoisotopic (exact) mass is 206 g/mol. The first kappa shape index (κ1) is 9.92. The van der Waals surface area contributed by atoms with Gasteiger partial charge in [-0.1, -0.05) is 5.21 Å². The van der Waals surface area contributed by atoms with Crippen molar-refractivity contribution in [2.24, 2.45) is 0 Å². The third-order valence-corrected chi connectivity index (χ3v) is 2.26. The van der Waals surface area contributed by atoms with Crippen LogP contribution in [0.15, 0.2) is 18.2 Å². The van der Waals surface area contributed by atoms with Gasteiger partial charge in [0.25, 0.3) is 0 Å². The lowest BCUT2D eigenvalue weighted by atomic mass is 10.3. The molecule has 5 nitrogen and oxygen atoms in total. The summed E-state index contributed by atoms with van der Waals surface area (Å²) >= 11 is 0. The molecule has 1 aromatic heterocycles. The van der Waals surface area contributed by atoms with Crippen LogP contribution in [-0.4, -0.2) is 28.7 Å². The lowest BCUT2D eigenvalue weighted by molar-refractivity contribution is 0.189. The average Bonchev–Trinajstić information content (AvgIpc) is 2.61. The molecule has 2 rings (SSSR count). The molecule has 5 heteroatoms. The molecule has 0 aliphatic rings. The number of anilines is 1. The van der Waals surface area contributed by atoms with E-state index in [1.54, 1.807) is 7.11 Å². The smallest absolute Gasteiger partial charge is 0.115 e. The molecular weight excluding hydrogens is 192 g/mol. The van der Waals surface area contributed by atoms with Crippen LogP contribution in [0.5, 0.6) is 0 Å². The standard InChI is InChI=1S/C10H14N4O/c1-15-6-2-5-14-10-4-3-8(11)7-9(10)12-13-14/h3-4,7H,2,5-6,11H2,1H3. The van der Waals surface area contributed by atoms with Gasteiger partial charge in [0, 0.05) is 25.9 Å². The van der Waals surface area contributed by atoms with Crippen LogP contribution in [-0.2, 0) is 11.3 Å². The highest BCUT2D eigenvalue weighted by atomic mass is 16.5. The van der Waals surface area contributed by atoms with Crippen LogP contribution < -0.4 is 5.73 Å². The van der Waals surface area contributed by atoms with Crippen molar-refractivity contribution in [1.82, 2.24) is 15.0 Å². The van der Waals surface area contributed by atoms with Crippen molar-refractivity contribution < 1.29 is 4.74 Å². The molecule has 0 aliphatic carbocycles. The number of nitrogens with two attached hydrogens (primary N) is 1. The van der Waals surface area contributed by atoms with Crippen LogP contribution in [0.1, 0.15) is 6.42 Å². The van der Waals surface area contributed by atoms with Gasteiger partial charge in [-0.05, 0) is 24.6 Å². The summed E-state index contributed by atoms with van der Waals surface area (Å²) in [5, 5.41) is 8.11. The molecule has 1 heterocycles. The van der Waals surface area contributed by atoms with Crippen LogP contribution in [0.3, 0.4) is 0 Å². The number of nitrogens with zero attached hydrogens (tertiary/aromatic N) is 3. The van der Waals surface area contributed by atoms with Gasteiger partial charge in [-0.15, -0.1) is 5.10 Å². The maximum Gasteiger partial charge on any atom is 0.115 e. The van der Waals surface area contributed by atoms with Crippen molar-refractivity contribution in [3.05, 3.63) is 18.2 Å². The highest BCUT2D eigenvalue weighted by molar-refractivity contribution is 5.77. The highest BCUT2D eigenvalue weighted by Gasteiger charge is 2.03. The lowest BCUT2D eigenvalue weighted by Crippen LogP contribution is -2.03. The van der Waals surface area contributed by atoms with Gasteiger partial charge in [-0.2, -0.15) is 0 Å². The van der Waals surface area contributed by atoms with Crippen molar-refractivity contribution in [3.8, 4) is 0 Å². The number of hydrogen-bond donors (Lipinski definition) is 1. The van der Waals surface area contributed by atoms with E-state index >= 15 is 0 Å². The third-order valence-electron chi connectivity index (χ3n) is 2.26. The summed E-state index contributed by atoms with van der Waals surface area (Å²) in [5.41, 5.74) is 8.23. The van der Waals surface area contributed by atoms with E-state index in [1.807, 2.05) is 22.9 Å². The lowest BCUT2D eigenvalue weighted by Gasteiger charge is -2.01. The van der Waals surface area contributed by atoms with E-state index in [0.29, 0.717) is 5.69 Å². The summed E-state index contributed by atoms with van der Waals surface area (Å²) in [5.74, 6) is 0. The van der Waals surface area contributed by atoms with Crippen molar-refractivity contribution in [3.63, 3.8) is 0 Å². The fraction of sp³-hybridized carbons (Fsp3) is 0.400. The van der Waals surface area contributed by atoms with Crippen LogP contribution in [0.25, 0.3) is 11.0 Å². The van der Waals surface area contributed by atoms with Gasteiger partial charge >= 0.3 is 0 Å². The Morgan fingerprint density at radius 3 is 3.13 bits per heavy atom. The number of fused-ring (bicyclic) bond motifs is 1. The highest BCUT2D eigenvalue weighted by Crippen LogP contribution is 2.14. The van der Waals surface area contributed by atoms with Crippen LogP contribution >= 0.6 is 0 Å². The van der Waals surface area contributed by atoms with Gasteiger partial charge in [0.05, 0.1) is 5.52 Å². The Morgan fingerprint density at radius 1 is 1.47 bits per heavy atom. The molecule has 0 aliphatic heterocycles. The fourth-order valence-corrected chi connectivity index (χ4v) is 1.51. The zero-order chi connectivity index (χ0) is 10.7. The Balaban J connectivity index is 2.21. The number of hydrogen-bond acceptors (Lipinski definition) is 4. The van der Waals surface area contributed by atoms with Crippen molar-refractivity contribution in [2.45, 2.75) is 13.0 Å². The normalized spacial score (nSPS) is 11.0. The molecule has 1 aromatic carbocycles. The Labute approximate surface area is 87.8 Å². The van der Waals surface area contributed by atoms with E-state index < -0.39 is 0 Å². The molecule has 0 spiro atoms. The summed E-state index contributed by atoms with van der Waals surface area (Å²) in [6.45, 7) is 1.55. The molecule has 80 valence electrons. The maximum atomic E-state index is 5.66. The Morgan fingerprint density at radius 2 is 2.33 bits per heavy atom. The number of ether oxygens (including phenoxy) is 1. The van der Waals surface area contributed by atoms with E-state index in [4.69, 9.17) is 10.5 Å². The molecular formula is C10H14N4O. The number of rotatable bonds is 4. The molecule has 15 heavy (non-hydrogen) atoms. The molecule has 0 saturated heterocycles. The van der Waals surface area contributed by atoms with Crippen LogP contribution in [0.4, 0.5) is 5.69 Å². The fourth-order valence-electron chi connectivity index (χ4n) is 1.51. The van der Waals surface area contributed by atoms with Gasteiger partial charge < -0.3 is 10.5 Å². The predicted octanol–water partition coefficient (Wildman–Crippen LogP) is 1.05. The quantitative estimate of drug-likeness (QED) is 0.599. The van der Waals surface area contributed by atoms with Gasteiger partial charge in [-0.25, -0.2) is 4.68 Å². The molecule has 0 unspecified atom stereocenters. The molecule has 0 fully saturated rings. The first-order valence-electron chi connectivity index (χ1n) is 4.89. The Kier molecular flexibility index (Phi) is 2.82. The second-order valence-electron chi connectivity index (χ2n) is 3.41. The van der Waals surface area contributed by atoms with Gasteiger partial charge in [0.15, 0.2) is 0 Å². The summed E-state index contributed by atoms with van der Waals surface area (Å²) < 4.78 is 6.86. The summed E-state index contributed by atoms with van der Waals surface area (Å²) in [4.78, 5) is 0. The first-order chi connectivity index (χ1) is 7.31. The molecule has 0 saturated carbocycles. The minimum Gasteiger partial charge on any atom is -0.399 e. The van der Waals surface area contributed by atoms with Crippen LogP contribution in [0.2, 0.25) is 0 Å². The van der Waals surface area contributed by atoms with E-state index in [-0.39, 0.29) is 0 Å². The van der Waals surface area contributed by atoms with Crippen molar-refractivity contribution >= 4 is 16.7 Å². The Bertz CT molecular complexity index is 452. The Hall–Kier alpha value is -1.62. The molecule has 0 radical (unpaired) electrons. The minimum atomic E-state index is 0.714. The maximum absolute atomic E-state index is 5.66. The zero-order valence-corrected chi connectivity index (χ0v) is 8.68. The van der Waals surface area contributed by atoms with Crippen molar-refractivity contribution in [1.29, 1.82) is 0 Å². The van der Waals surface area contributed by atoms with Crippen molar-refractivity contribution in [2.75, 3.05) is 19.5 Å². The second kappa shape index (κ2) is 4.27. The zero-order valence-electron chi connectivity index (χ0n) is 8.68. The number of benzene rings is 1. The molecule has 0 bridgehead atoms. The summed E-state index contributed by atoms with van der Waals surface area (Å²) in [6.07, 6.45) is 0.930. The topological polar surface area (TPSA) is 66.0 Å². The number of methoxy groups -OCH3 is 1. The van der Waals surface area contributed by atoms with Gasteiger partial charge in [0.1, 0.15) is 5.52 Å². The van der Waals surface area contributed by atoms with E-state index in [9.17, 15) is 0 Å². The van der Waals surface area contributed by atoms with E-state index in [2.05, 4.69) is 10.3 Å². The average molecular weight is 206 g/mol. The van der Waals surface area contributed by atoms with E-state index in [0.717, 1.165) is 30.6 Å². The molecule has 0 amide bonds. The predicted molar refractivity (Wildman–Crippen MR) is 58.4 cm³/mol. The molecule has 0 atom stereocenters. The van der Waals surface area contributed by atoms with Gasteiger partial charge in [0.2, 0.25) is 0 Å². The first-order valence-corrected chi connectivity index (χ1v) is 4.89. The number of nitrogen functional groups attached to an aromatic ring is 1. The largest absolute Gasteiger partial charge is 0.399 e. The van der Waals surface area contributed by atoms with Crippen LogP contribution in [0, 0.1) is 0 Å². The molecule has 2 N–H and O–H groups in total. The number of aryl methyl sites for hydroxylation is 1. The molecule has 2 aromatic rings. The second-order valence-corrected chi connectivity index (χ2v) is 3.41. The summed E-state index contributed by atoms with van der Waals surface area (Å²) in [7, 11) is 1.69.